The van der Waals surface area contributed by atoms with Gasteiger partial charge in [0.05, 0.1) is 0 Å². The number of carbonyl (C=O) groups excluding carboxylic acids is 4. The van der Waals surface area contributed by atoms with Crippen molar-refractivity contribution >= 4 is 30.0 Å². The van der Waals surface area contributed by atoms with Gasteiger partial charge in [-0.1, -0.05) is 38.5 Å². The number of carbonyl (C=O) groups is 4. The maximum Gasteiger partial charge on any atom is 0.338 e. The average Bonchev–Trinajstić information content (AvgIpc) is 2.88. The third kappa shape index (κ3) is 9.29. The Hall–Kier alpha value is -5.18. The van der Waals surface area contributed by atoms with Crippen LogP contribution in [0, 0.1) is 0 Å². The summed E-state index contributed by atoms with van der Waals surface area (Å²) in [5.41, 5.74) is 1.28. The van der Waals surface area contributed by atoms with Crippen molar-refractivity contribution in [1.82, 2.24) is 0 Å². The molecule has 2 aromatic carbocycles. The smallest absolute Gasteiger partial charge is 0.338 e. The van der Waals surface area contributed by atoms with Gasteiger partial charge in [0.25, 0.3) is 0 Å². The fraction of sp³-hybridized carbons (Fsp3) is 0.161. The number of hydrogen-bond acceptors (Lipinski definition) is 9. The molecule has 0 aliphatic heterocycles. The molecule has 0 aromatic heterocycles. The third-order valence-corrected chi connectivity index (χ3v) is 4.74. The van der Waals surface area contributed by atoms with Crippen LogP contribution in [-0.4, -0.2) is 30.5 Å². The van der Waals surface area contributed by atoms with Crippen molar-refractivity contribution in [3.8, 4) is 28.7 Å². The SMILES string of the molecule is C=C(C)C(=O)Oc1ccc(C=CCOc2ccc(OC(=O)C(=C)C)c(OC(=O)C(=C)C)c2)cc1OC(=O)C(=C)C. The van der Waals surface area contributed by atoms with E-state index in [2.05, 4.69) is 26.3 Å². The lowest BCUT2D eigenvalue weighted by Crippen LogP contribution is -2.13. The Balaban J connectivity index is 2.21. The van der Waals surface area contributed by atoms with Crippen molar-refractivity contribution in [2.45, 2.75) is 27.7 Å². The van der Waals surface area contributed by atoms with Crippen LogP contribution < -0.4 is 23.7 Å². The number of esters is 4. The van der Waals surface area contributed by atoms with Crippen LogP contribution in [0.4, 0.5) is 0 Å². The zero-order valence-electron chi connectivity index (χ0n) is 22.8. The summed E-state index contributed by atoms with van der Waals surface area (Å²) in [6.45, 7) is 20.2. The first-order valence-corrected chi connectivity index (χ1v) is 11.9. The molecule has 0 unspecified atom stereocenters. The lowest BCUT2D eigenvalue weighted by molar-refractivity contribution is -0.132. The monoisotopic (exact) mass is 546 g/mol. The molecule has 0 saturated heterocycles. The maximum absolute atomic E-state index is 12.1. The van der Waals surface area contributed by atoms with Crippen LogP contribution in [0.15, 0.2) is 91.1 Å². The summed E-state index contributed by atoms with van der Waals surface area (Å²) in [5, 5.41) is 0. The van der Waals surface area contributed by atoms with E-state index in [9.17, 15) is 19.2 Å². The topological polar surface area (TPSA) is 114 Å². The molecule has 9 nitrogen and oxygen atoms in total. The van der Waals surface area contributed by atoms with Gasteiger partial charge in [-0.25, -0.2) is 19.2 Å². The first kappa shape index (κ1) is 31.0. The molecule has 208 valence electrons. The molecular formula is C31H30O9. The fourth-order valence-electron chi connectivity index (χ4n) is 2.61. The fourth-order valence-corrected chi connectivity index (χ4v) is 2.61. The van der Waals surface area contributed by atoms with Gasteiger partial charge in [0, 0.05) is 28.4 Å². The molecule has 9 heteroatoms. The first-order chi connectivity index (χ1) is 18.8. The third-order valence-electron chi connectivity index (χ3n) is 4.74. The van der Waals surface area contributed by atoms with Crippen LogP contribution in [0.3, 0.4) is 0 Å². The lowest BCUT2D eigenvalue weighted by atomic mass is 10.2. The van der Waals surface area contributed by atoms with Crippen LogP contribution in [-0.2, 0) is 19.2 Å². The molecule has 2 aromatic rings. The van der Waals surface area contributed by atoms with Crippen molar-refractivity contribution < 1.29 is 42.9 Å². The summed E-state index contributed by atoms with van der Waals surface area (Å²) >= 11 is 0. The van der Waals surface area contributed by atoms with Gasteiger partial charge >= 0.3 is 23.9 Å². The van der Waals surface area contributed by atoms with E-state index in [-0.39, 0.29) is 51.9 Å². The molecule has 0 amide bonds. The Morgan fingerprint density at radius 1 is 0.600 bits per heavy atom. The molecule has 0 spiro atoms. The van der Waals surface area contributed by atoms with Crippen molar-refractivity contribution in [1.29, 1.82) is 0 Å². The van der Waals surface area contributed by atoms with E-state index in [0.717, 1.165) is 0 Å². The Morgan fingerprint density at radius 3 is 1.45 bits per heavy atom. The van der Waals surface area contributed by atoms with E-state index in [1.165, 1.54) is 58.0 Å². The number of benzene rings is 2. The molecule has 0 aliphatic rings. The molecule has 0 radical (unpaired) electrons. The Bertz CT molecular complexity index is 1430. The van der Waals surface area contributed by atoms with Gasteiger partial charge < -0.3 is 23.7 Å². The second kappa shape index (κ2) is 14.1. The van der Waals surface area contributed by atoms with Crippen LogP contribution in [0.25, 0.3) is 6.08 Å². The Morgan fingerprint density at radius 2 is 1.00 bits per heavy atom. The van der Waals surface area contributed by atoms with Crippen LogP contribution in [0.1, 0.15) is 33.3 Å². The van der Waals surface area contributed by atoms with Gasteiger partial charge in [0.2, 0.25) is 0 Å². The molecule has 0 bridgehead atoms. The first-order valence-electron chi connectivity index (χ1n) is 11.9. The van der Waals surface area contributed by atoms with Gasteiger partial charge in [-0.15, -0.1) is 0 Å². The standard InChI is InChI=1S/C31H30O9/c1-18(2)28(32)37-24-13-11-22(16-26(24)39-30(34)20(5)6)10-9-15-36-23-12-14-25(38-29(33)19(3)4)27(17-23)40-31(35)21(7)8/h9-14,16-17H,1,3,5,7,15H2,2,4,6,8H3. The van der Waals surface area contributed by atoms with E-state index in [4.69, 9.17) is 23.7 Å². The highest BCUT2D eigenvalue weighted by atomic mass is 16.6. The van der Waals surface area contributed by atoms with E-state index in [1.54, 1.807) is 18.2 Å². The van der Waals surface area contributed by atoms with Crippen molar-refractivity contribution in [3.63, 3.8) is 0 Å². The minimum atomic E-state index is -0.704. The predicted octanol–water partition coefficient (Wildman–Crippen LogP) is 5.70. The molecule has 0 heterocycles. The summed E-state index contributed by atoms with van der Waals surface area (Å²) in [5.74, 6) is -2.38. The summed E-state index contributed by atoms with van der Waals surface area (Å²) < 4.78 is 26.8. The zero-order chi connectivity index (χ0) is 30.0. The normalized spacial score (nSPS) is 10.3. The Kier molecular flexibility index (Phi) is 10.9. The van der Waals surface area contributed by atoms with Crippen LogP contribution in [0.2, 0.25) is 0 Å². The van der Waals surface area contributed by atoms with E-state index in [0.29, 0.717) is 11.3 Å². The maximum atomic E-state index is 12.1. The Labute approximate surface area is 232 Å². The minimum Gasteiger partial charge on any atom is -0.489 e. The van der Waals surface area contributed by atoms with Gasteiger partial charge in [-0.2, -0.15) is 0 Å². The molecule has 2 rings (SSSR count). The quantitative estimate of drug-likeness (QED) is 0.188. The van der Waals surface area contributed by atoms with Gasteiger partial charge in [-0.05, 0) is 63.6 Å². The number of hydrogen-bond donors (Lipinski definition) is 0. The molecule has 0 atom stereocenters. The van der Waals surface area contributed by atoms with Gasteiger partial charge in [-0.3, -0.25) is 0 Å². The van der Waals surface area contributed by atoms with Crippen molar-refractivity contribution in [3.05, 3.63) is 96.6 Å². The second-order valence-electron chi connectivity index (χ2n) is 8.71. The highest BCUT2D eigenvalue weighted by Crippen LogP contribution is 2.33. The van der Waals surface area contributed by atoms with Crippen LogP contribution >= 0.6 is 0 Å². The average molecular weight is 547 g/mol. The molecule has 0 saturated carbocycles. The van der Waals surface area contributed by atoms with Crippen LogP contribution in [0.5, 0.6) is 28.7 Å². The van der Waals surface area contributed by atoms with Gasteiger partial charge in [0.1, 0.15) is 12.4 Å². The minimum absolute atomic E-state index is 0.00904. The van der Waals surface area contributed by atoms with E-state index in [1.807, 2.05) is 0 Å². The van der Waals surface area contributed by atoms with Crippen molar-refractivity contribution in [2.75, 3.05) is 6.61 Å². The zero-order valence-corrected chi connectivity index (χ0v) is 22.8. The van der Waals surface area contributed by atoms with Crippen molar-refractivity contribution in [2.24, 2.45) is 0 Å². The largest absolute Gasteiger partial charge is 0.489 e. The summed E-state index contributed by atoms with van der Waals surface area (Å²) in [6, 6.07) is 9.00. The molecule has 0 fully saturated rings. The summed E-state index contributed by atoms with van der Waals surface area (Å²) in [7, 11) is 0. The molecule has 0 aliphatic carbocycles. The highest BCUT2D eigenvalue weighted by Gasteiger charge is 2.17. The molecule has 40 heavy (non-hydrogen) atoms. The lowest BCUT2D eigenvalue weighted by Gasteiger charge is -2.12. The molecule has 0 N–H and O–H groups in total. The second-order valence-corrected chi connectivity index (χ2v) is 8.71. The summed E-state index contributed by atoms with van der Waals surface area (Å²) in [4.78, 5) is 48.1. The molecular weight excluding hydrogens is 516 g/mol. The summed E-state index contributed by atoms with van der Waals surface area (Å²) in [6.07, 6.45) is 3.36. The number of ether oxygens (including phenoxy) is 5. The van der Waals surface area contributed by atoms with Gasteiger partial charge in [0.15, 0.2) is 23.0 Å². The van der Waals surface area contributed by atoms with E-state index < -0.39 is 23.9 Å². The highest BCUT2D eigenvalue weighted by molar-refractivity contribution is 5.92. The number of rotatable bonds is 12. The van der Waals surface area contributed by atoms with E-state index >= 15 is 0 Å². The predicted molar refractivity (Wildman–Crippen MR) is 149 cm³/mol.